The summed E-state index contributed by atoms with van der Waals surface area (Å²) in [6, 6.07) is 4.35. The minimum Gasteiger partial charge on any atom is -0.481 e. The highest BCUT2D eigenvalue weighted by Crippen LogP contribution is 2.51. The molecule has 0 saturated carbocycles. The lowest BCUT2D eigenvalue weighted by Crippen LogP contribution is -2.64. The van der Waals surface area contributed by atoms with Crippen molar-refractivity contribution < 1.29 is 97.0 Å². The molecule has 0 aromatic carbocycles. The Morgan fingerprint density at radius 3 is 1.74 bits per heavy atom. The van der Waals surface area contributed by atoms with E-state index < -0.39 is 118 Å². The first-order valence-corrected chi connectivity index (χ1v) is 31.9. The molecule has 0 radical (unpaired) electrons. The van der Waals surface area contributed by atoms with Crippen LogP contribution in [-0.4, -0.2) is 200 Å². The van der Waals surface area contributed by atoms with Crippen LogP contribution in [0.25, 0.3) is 0 Å². The fraction of sp³-hybridized carbons (Fsp3) is 0.800. The Balaban J connectivity index is 2.58. The van der Waals surface area contributed by atoms with Crippen LogP contribution >= 0.6 is 21.6 Å². The van der Waals surface area contributed by atoms with Gasteiger partial charge in [0.1, 0.15) is 55.8 Å². The summed E-state index contributed by atoms with van der Waals surface area (Å²) in [6.07, 6.45) is -3.40. The van der Waals surface area contributed by atoms with Crippen LogP contribution in [0.1, 0.15) is 153 Å². The van der Waals surface area contributed by atoms with E-state index in [-0.39, 0.29) is 111 Å². The third-order valence-corrected chi connectivity index (χ3v) is 18.0. The Kier molecular flexibility index (Phi) is 33.5. The van der Waals surface area contributed by atoms with Crippen molar-refractivity contribution in [2.75, 3.05) is 85.9 Å². The second-order valence-corrected chi connectivity index (χ2v) is 26.9. The van der Waals surface area contributed by atoms with E-state index in [9.17, 15) is 59.1 Å². The molecule has 6 N–H and O–H groups in total. The maximum Gasteiger partial charge on any atom is 0.311 e. The molecule has 2 heterocycles. The number of hydrogen-bond donors (Lipinski definition) is 6. The molecule has 0 bridgehead atoms. The number of unbranched alkanes of at least 4 members (excludes halogenated alkanes) is 1. The molecule has 85 heavy (non-hydrogen) atoms. The number of carboxylic acid groups (broad SMARTS) is 1. The summed E-state index contributed by atoms with van der Waals surface area (Å²) in [4.78, 5) is 104. The molecule has 1 fully saturated rings. The quantitative estimate of drug-likeness (QED) is 0.0180. The third kappa shape index (κ3) is 25.1. The predicted octanol–water partition coefficient (Wildman–Crippen LogP) is 6.32. The normalized spacial score (nSPS) is 21.7. The van der Waals surface area contributed by atoms with E-state index in [0.29, 0.717) is 25.1 Å². The van der Waals surface area contributed by atoms with E-state index in [2.05, 4.69) is 10.3 Å². The molecule has 0 aliphatic carbocycles. The van der Waals surface area contributed by atoms with E-state index in [0.717, 1.165) is 11.4 Å². The summed E-state index contributed by atoms with van der Waals surface area (Å²) in [7, 11) is 6.44. The van der Waals surface area contributed by atoms with Gasteiger partial charge in [-0.25, -0.2) is 4.98 Å². The maximum absolute atomic E-state index is 15.0. The summed E-state index contributed by atoms with van der Waals surface area (Å²) >= 11 is 0. The Morgan fingerprint density at radius 1 is 0.682 bits per heavy atom. The van der Waals surface area contributed by atoms with Crippen LogP contribution < -0.4 is 5.32 Å². The first-order valence-electron chi connectivity index (χ1n) is 29.6. The summed E-state index contributed by atoms with van der Waals surface area (Å²) in [5.41, 5.74) is -8.90. The number of aliphatic hydroxyl groups excluding tert-OH is 4. The van der Waals surface area contributed by atoms with Gasteiger partial charge in [0.15, 0.2) is 6.29 Å². The largest absolute Gasteiger partial charge is 0.481 e. The van der Waals surface area contributed by atoms with Gasteiger partial charge in [0.2, 0.25) is 5.91 Å². The first kappa shape index (κ1) is 76.9. The molecule has 0 spiro atoms. The molecule has 1 amide bonds. The minimum atomic E-state index is -1.60. The average molecular weight is 1250 g/mol. The highest BCUT2D eigenvalue weighted by Gasteiger charge is 2.54. The van der Waals surface area contributed by atoms with Crippen LogP contribution in [0.5, 0.6) is 0 Å². The van der Waals surface area contributed by atoms with Gasteiger partial charge in [-0.15, -0.1) is 0 Å². The van der Waals surface area contributed by atoms with Gasteiger partial charge in [-0.2, -0.15) is 0 Å². The second-order valence-electron chi connectivity index (χ2n) is 24.4. The first-order chi connectivity index (χ1) is 39.8. The number of hydrogen-bond acceptors (Lipinski definition) is 23. The van der Waals surface area contributed by atoms with Gasteiger partial charge >= 0.3 is 35.8 Å². The average Bonchev–Trinajstić information content (AvgIpc) is 3.65. The molecule has 1 aromatic rings. The number of pyridine rings is 1. The van der Waals surface area contributed by atoms with Crippen molar-refractivity contribution >= 4 is 63.3 Å². The minimum absolute atomic E-state index is 0.0196. The summed E-state index contributed by atoms with van der Waals surface area (Å²) in [5, 5.41) is 54.7. The number of likely N-dealkylation sites (N-methyl/N-ethyl adjacent to an activating group) is 1. The third-order valence-electron chi connectivity index (χ3n) is 15.7. The van der Waals surface area contributed by atoms with Gasteiger partial charge in [-0.3, -0.25) is 33.6 Å². The molecule has 488 valence electrons. The highest BCUT2D eigenvalue weighted by molar-refractivity contribution is 8.76. The number of amides is 1. The SMILES string of the molecule is CCCCOC(=O)C(C)(CC(C)(CCC)C(=O)O)CC(C)(CCC(C)(CC(C)(CCC(C)(CC)C(=O)OCCOCCO[C@@H]1O[C@H](CO)[C@H](O)[C@H](O)[C@H]1NC(C)=O)C(=O)OCC(C)O)C(=O)OCCSSc1ccccn1)C(=O)OCCN(C)C. The molecule has 7 unspecified atom stereocenters. The Bertz CT molecular complexity index is 2240. The van der Waals surface area contributed by atoms with Gasteiger partial charge < -0.3 is 73.6 Å². The lowest BCUT2D eigenvalue weighted by Gasteiger charge is -2.42. The topological polar surface area (TPSA) is 323 Å². The summed E-state index contributed by atoms with van der Waals surface area (Å²) in [5.74, 6) is -4.71. The van der Waals surface area contributed by atoms with Gasteiger partial charge in [-0.05, 0) is 150 Å². The highest BCUT2D eigenvalue weighted by atomic mass is 33.1. The number of aliphatic carboxylic acids is 1. The molecule has 2 rings (SSSR count). The van der Waals surface area contributed by atoms with Crippen LogP contribution in [0.3, 0.4) is 0 Å². The molecule has 1 aliphatic rings. The number of ether oxygens (including phenoxy) is 8. The van der Waals surface area contributed by atoms with Crippen molar-refractivity contribution in [2.24, 2.45) is 32.5 Å². The van der Waals surface area contributed by atoms with E-state index in [1.807, 2.05) is 45.0 Å². The Labute approximate surface area is 511 Å². The van der Waals surface area contributed by atoms with Crippen molar-refractivity contribution in [3.8, 4) is 0 Å². The van der Waals surface area contributed by atoms with Crippen LogP contribution in [0, 0.1) is 32.5 Å². The van der Waals surface area contributed by atoms with Crippen molar-refractivity contribution in [1.29, 1.82) is 0 Å². The number of aromatic nitrogens is 1. The molecular weight excluding hydrogens is 1150 g/mol. The molecule has 25 heteroatoms. The van der Waals surface area contributed by atoms with Crippen molar-refractivity contribution in [2.45, 2.75) is 195 Å². The molecule has 1 aliphatic heterocycles. The second kappa shape index (κ2) is 37.0. The fourth-order valence-electron chi connectivity index (χ4n) is 10.4. The number of carboxylic acids is 1. The maximum atomic E-state index is 15.0. The van der Waals surface area contributed by atoms with Crippen LogP contribution in [-0.2, 0) is 71.5 Å². The number of carbonyl (C=O) groups is 7. The zero-order chi connectivity index (χ0) is 64.2. The Hall–Kier alpha value is -4.18. The van der Waals surface area contributed by atoms with Crippen LogP contribution in [0.4, 0.5) is 0 Å². The van der Waals surface area contributed by atoms with Crippen molar-refractivity contribution in [3.05, 3.63) is 24.4 Å². The molecule has 23 nitrogen and oxygen atoms in total. The number of nitrogens with one attached hydrogen (secondary N) is 1. The zero-order valence-corrected chi connectivity index (χ0v) is 54.2. The molecule has 12 atom stereocenters. The lowest BCUT2D eigenvalue weighted by atomic mass is 9.61. The smallest absolute Gasteiger partial charge is 0.311 e. The van der Waals surface area contributed by atoms with Gasteiger partial charge in [0.05, 0.1) is 71.6 Å². The number of esters is 5. The lowest BCUT2D eigenvalue weighted by molar-refractivity contribution is -0.272. The monoisotopic (exact) mass is 1250 g/mol. The number of carbonyl (C=O) groups excluding carboxylic acids is 6. The Morgan fingerprint density at radius 2 is 1.21 bits per heavy atom. The van der Waals surface area contributed by atoms with E-state index in [1.54, 1.807) is 60.7 Å². The zero-order valence-electron chi connectivity index (χ0n) is 52.6. The van der Waals surface area contributed by atoms with E-state index in [1.165, 1.54) is 35.4 Å². The van der Waals surface area contributed by atoms with Gasteiger partial charge in [-0.1, -0.05) is 50.5 Å². The number of rotatable bonds is 43. The van der Waals surface area contributed by atoms with Crippen LogP contribution in [0.15, 0.2) is 29.4 Å². The predicted molar refractivity (Wildman–Crippen MR) is 318 cm³/mol. The summed E-state index contributed by atoms with van der Waals surface area (Å²) in [6.45, 7) is 17.0. The van der Waals surface area contributed by atoms with Crippen molar-refractivity contribution in [1.82, 2.24) is 15.2 Å². The fourth-order valence-corrected chi connectivity index (χ4v) is 12.1. The van der Waals surface area contributed by atoms with Gasteiger partial charge in [0.25, 0.3) is 0 Å². The molecule has 1 saturated heterocycles. The van der Waals surface area contributed by atoms with Crippen molar-refractivity contribution in [3.63, 3.8) is 0 Å². The molecule has 1 aromatic heterocycles. The standard InChI is InChI=1S/C60H101N3O20S2/c1-14-17-28-78-54(75)60(11,38-56(7,21-15-2)49(69)70)40-59(10,51(72)79-29-27-63(12)13)25-24-57(8,52(73)81-34-35-84-85-44-20-18-19-26-61-44)39-58(9,53(74)82-37-41(4)65)23-22-55(6,16-3)50(71)80-33-31-76-30-32-77-48-45(62-42(5)66)47(68)46(67)43(36-64)83-48/h18-20,26,41,43,45-48,64-65,67-68H,14-17,21-25,27-40H2,1-13H3,(H,62,66)(H,69,70)/t41?,43-,45-,46+,47-,48-,55?,56?,57?,58?,59?,60?/m1/s1. The van der Waals surface area contributed by atoms with E-state index in [4.69, 9.17) is 37.9 Å². The van der Waals surface area contributed by atoms with Crippen LogP contribution in [0.2, 0.25) is 0 Å². The van der Waals surface area contributed by atoms with E-state index >= 15 is 0 Å². The number of nitrogens with zero attached hydrogens (tertiary/aromatic N) is 2. The van der Waals surface area contributed by atoms with Gasteiger partial charge in [0, 0.05) is 25.4 Å². The molecular formula is C60H101N3O20S2. The summed E-state index contributed by atoms with van der Waals surface area (Å²) < 4.78 is 46.2. The number of aliphatic hydroxyl groups is 4.